The molecule has 1 saturated carbocycles. The molecular weight excluding hydrogens is 472 g/mol. The van der Waals surface area contributed by atoms with E-state index in [1.54, 1.807) is 6.07 Å². The van der Waals surface area contributed by atoms with Gasteiger partial charge in [0.15, 0.2) is 11.5 Å². The van der Waals surface area contributed by atoms with Crippen molar-refractivity contribution in [2.24, 2.45) is 28.8 Å². The van der Waals surface area contributed by atoms with Crippen LogP contribution in [0.5, 0.6) is 11.5 Å². The van der Waals surface area contributed by atoms with Crippen LogP contribution < -0.4 is 9.47 Å². The van der Waals surface area contributed by atoms with E-state index in [4.69, 9.17) is 21.1 Å². The maximum atomic E-state index is 12.8. The predicted molar refractivity (Wildman–Crippen MR) is 118 cm³/mol. The molecule has 3 aliphatic rings. The molecule has 160 valence electrons. The van der Waals surface area contributed by atoms with Crippen LogP contribution in [0.1, 0.15) is 39.2 Å². The fourth-order valence-electron chi connectivity index (χ4n) is 4.48. The second kappa shape index (κ2) is 8.35. The number of hydrogen-bond donors (Lipinski definition) is 0. The molecule has 1 saturated heterocycles. The Kier molecular flexibility index (Phi) is 5.95. The Morgan fingerprint density at radius 1 is 1.27 bits per heavy atom. The van der Waals surface area contributed by atoms with Crippen LogP contribution in [0.3, 0.4) is 0 Å². The zero-order valence-electron chi connectivity index (χ0n) is 17.1. The van der Waals surface area contributed by atoms with Gasteiger partial charge >= 0.3 is 0 Å². The first kappa shape index (κ1) is 21.4. The van der Waals surface area contributed by atoms with E-state index < -0.39 is 0 Å². The van der Waals surface area contributed by atoms with Crippen LogP contribution >= 0.6 is 27.5 Å². The minimum Gasteiger partial charge on any atom is -0.490 e. The molecule has 2 bridgehead atoms. The minimum absolute atomic E-state index is 0.0312. The average molecular weight is 496 g/mol. The highest BCUT2D eigenvalue weighted by Crippen LogP contribution is 2.52. The quantitative estimate of drug-likeness (QED) is 0.309. The molecule has 1 aliphatic heterocycles. The highest BCUT2D eigenvalue weighted by Gasteiger charge is 2.59. The number of allylic oxidation sites excluding steroid dienone is 2. The molecule has 4 rings (SSSR count). The summed E-state index contributed by atoms with van der Waals surface area (Å²) in [7, 11) is 0. The number of benzene rings is 1. The predicted octanol–water partition coefficient (Wildman–Crippen LogP) is 4.82. The van der Waals surface area contributed by atoms with Gasteiger partial charge in [-0.05, 0) is 60.5 Å². The number of amides is 2. The summed E-state index contributed by atoms with van der Waals surface area (Å²) in [5.41, 5.74) is 0.596. The normalized spacial score (nSPS) is 28.0. The molecule has 0 aromatic heterocycles. The summed E-state index contributed by atoms with van der Waals surface area (Å²) in [6.45, 7) is 6.29. The third-order valence-electron chi connectivity index (χ3n) is 6.11. The second-order valence-electron chi connectivity index (χ2n) is 7.92. The van der Waals surface area contributed by atoms with Crippen LogP contribution in [-0.4, -0.2) is 35.7 Å². The molecule has 8 heteroatoms. The van der Waals surface area contributed by atoms with Crippen LogP contribution in [0.4, 0.5) is 0 Å². The topological polar surface area (TPSA) is 68.2 Å². The fraction of sp³-hybridized carbons (Fsp3) is 0.500. The molecule has 6 nitrogen and oxygen atoms in total. The molecule has 30 heavy (non-hydrogen) atoms. The molecule has 0 spiro atoms. The summed E-state index contributed by atoms with van der Waals surface area (Å²) in [6.07, 6.45) is 7.27. The van der Waals surface area contributed by atoms with Gasteiger partial charge in [-0.1, -0.05) is 30.7 Å². The highest BCUT2D eigenvalue weighted by atomic mass is 79.9. The lowest BCUT2D eigenvalue weighted by Gasteiger charge is -2.19. The Bertz CT molecular complexity index is 918. The summed E-state index contributed by atoms with van der Waals surface area (Å²) in [5.74, 6) is 0.264. The molecule has 0 radical (unpaired) electrons. The number of imide groups is 1. The number of hydrogen-bond acceptors (Lipinski definition) is 5. The first-order valence-electron chi connectivity index (χ1n) is 10.3. The first-order valence-corrected chi connectivity index (χ1v) is 11.5. The largest absolute Gasteiger partial charge is 0.490 e. The van der Waals surface area contributed by atoms with Crippen molar-refractivity contribution in [3.63, 3.8) is 0 Å². The lowest BCUT2D eigenvalue weighted by Crippen LogP contribution is -2.28. The van der Waals surface area contributed by atoms with Crippen LogP contribution in [0.2, 0.25) is 5.02 Å². The van der Waals surface area contributed by atoms with Gasteiger partial charge in [0.1, 0.15) is 5.02 Å². The smallest absolute Gasteiger partial charge is 0.254 e. The number of fused-ring (bicyclic) bond motifs is 5. The van der Waals surface area contributed by atoms with E-state index in [9.17, 15) is 9.59 Å². The van der Waals surface area contributed by atoms with Crippen LogP contribution in [-0.2, 0) is 9.59 Å². The maximum absolute atomic E-state index is 12.8. The maximum Gasteiger partial charge on any atom is 0.254 e. The third-order valence-corrected chi connectivity index (χ3v) is 7.55. The highest BCUT2D eigenvalue weighted by molar-refractivity contribution is 9.10. The SMILES string of the molecule is CCOc1cc(C=NN2C(=O)[C@@H]3[C@H](C2=O)[C@H]2C=C[C@H]3C2)c(Br)c(Cl)c1O[C@H](C)CC. The molecule has 2 fully saturated rings. The Morgan fingerprint density at radius 3 is 2.47 bits per heavy atom. The average Bonchev–Trinajstić information content (AvgIpc) is 3.41. The number of nitrogens with zero attached hydrogens (tertiary/aromatic N) is 2. The molecule has 1 aromatic rings. The van der Waals surface area contributed by atoms with Gasteiger partial charge in [-0.2, -0.15) is 10.1 Å². The van der Waals surface area contributed by atoms with Gasteiger partial charge in [0, 0.05) is 10.0 Å². The molecular formula is C22H24BrClN2O4. The van der Waals surface area contributed by atoms with E-state index in [0.29, 0.717) is 33.2 Å². The Morgan fingerprint density at radius 2 is 1.90 bits per heavy atom. The van der Waals surface area contributed by atoms with Crippen molar-refractivity contribution in [3.05, 3.63) is 33.3 Å². The standard InChI is InChI=1S/C22H24BrClN2O4/c1-4-11(3)30-20-15(29-5-2)9-14(18(23)19(20)24)10-25-26-21(27)16-12-6-7-13(8-12)17(16)22(26)28/h6-7,9-13,16-17H,4-5,8H2,1-3H3/t11-,12+,13+,16-,17+/m1/s1. The molecule has 0 N–H and O–H groups in total. The zero-order valence-corrected chi connectivity index (χ0v) is 19.4. The van der Waals surface area contributed by atoms with Crippen molar-refractivity contribution in [1.29, 1.82) is 0 Å². The van der Waals surface area contributed by atoms with Crippen molar-refractivity contribution in [3.8, 4) is 11.5 Å². The summed E-state index contributed by atoms with van der Waals surface area (Å²) in [6, 6.07) is 1.75. The molecule has 2 amide bonds. The van der Waals surface area contributed by atoms with Crippen molar-refractivity contribution >= 4 is 45.6 Å². The first-order chi connectivity index (χ1) is 14.4. The van der Waals surface area contributed by atoms with Crippen LogP contribution in [0.25, 0.3) is 0 Å². The molecule has 1 aromatic carbocycles. The zero-order chi connectivity index (χ0) is 21.6. The van der Waals surface area contributed by atoms with Crippen molar-refractivity contribution < 1.29 is 19.1 Å². The van der Waals surface area contributed by atoms with E-state index in [-0.39, 0.29) is 41.6 Å². The minimum atomic E-state index is -0.276. The Labute approximate surface area is 189 Å². The van der Waals surface area contributed by atoms with E-state index in [0.717, 1.165) is 17.9 Å². The molecule has 5 atom stereocenters. The molecule has 2 aliphatic carbocycles. The molecule has 1 heterocycles. The number of carbonyl (C=O) groups is 2. The van der Waals surface area contributed by atoms with Gasteiger partial charge in [0.05, 0.1) is 30.8 Å². The van der Waals surface area contributed by atoms with E-state index in [1.165, 1.54) is 6.21 Å². The van der Waals surface area contributed by atoms with E-state index >= 15 is 0 Å². The number of carbonyl (C=O) groups excluding carboxylic acids is 2. The lowest BCUT2D eigenvalue weighted by atomic mass is 9.85. The number of ether oxygens (including phenoxy) is 2. The Hall–Kier alpha value is -1.86. The van der Waals surface area contributed by atoms with Crippen LogP contribution in [0.15, 0.2) is 27.8 Å². The van der Waals surface area contributed by atoms with Gasteiger partial charge < -0.3 is 9.47 Å². The summed E-state index contributed by atoms with van der Waals surface area (Å²) < 4.78 is 12.2. The number of hydrazone groups is 1. The second-order valence-corrected chi connectivity index (χ2v) is 9.09. The van der Waals surface area contributed by atoms with Gasteiger partial charge in [-0.25, -0.2) is 0 Å². The van der Waals surface area contributed by atoms with Gasteiger partial charge in [-0.15, -0.1) is 0 Å². The van der Waals surface area contributed by atoms with Crippen molar-refractivity contribution in [1.82, 2.24) is 5.01 Å². The number of halogens is 2. The lowest BCUT2D eigenvalue weighted by molar-refractivity contribution is -0.140. The van der Waals surface area contributed by atoms with Crippen LogP contribution in [0, 0.1) is 23.7 Å². The van der Waals surface area contributed by atoms with Gasteiger partial charge in [-0.3, -0.25) is 9.59 Å². The number of rotatable bonds is 7. The monoisotopic (exact) mass is 494 g/mol. The fourth-order valence-corrected chi connectivity index (χ4v) is 5.12. The summed E-state index contributed by atoms with van der Waals surface area (Å²) in [4.78, 5) is 25.6. The Balaban J connectivity index is 1.62. The van der Waals surface area contributed by atoms with Crippen molar-refractivity contribution in [2.75, 3.05) is 6.61 Å². The van der Waals surface area contributed by atoms with Gasteiger partial charge in [0.25, 0.3) is 11.8 Å². The van der Waals surface area contributed by atoms with E-state index in [1.807, 2.05) is 20.8 Å². The van der Waals surface area contributed by atoms with E-state index in [2.05, 4.69) is 33.2 Å². The van der Waals surface area contributed by atoms with Gasteiger partial charge in [0.2, 0.25) is 0 Å². The summed E-state index contributed by atoms with van der Waals surface area (Å²) in [5, 5.41) is 5.62. The summed E-state index contributed by atoms with van der Waals surface area (Å²) >= 11 is 10.0. The molecule has 0 unspecified atom stereocenters. The third kappa shape index (κ3) is 3.46. The van der Waals surface area contributed by atoms with Crippen molar-refractivity contribution in [2.45, 2.75) is 39.7 Å².